The summed E-state index contributed by atoms with van der Waals surface area (Å²) in [6.45, 7) is 5.06. The van der Waals surface area contributed by atoms with Gasteiger partial charge in [0, 0.05) is 50.6 Å². The normalized spacial score (nSPS) is 17.4. The quantitative estimate of drug-likeness (QED) is 0.769. The van der Waals surface area contributed by atoms with Crippen molar-refractivity contribution in [2.24, 2.45) is 5.41 Å². The predicted octanol–water partition coefficient (Wildman–Crippen LogP) is 2.33. The van der Waals surface area contributed by atoms with Crippen molar-refractivity contribution in [1.29, 1.82) is 0 Å². The fraction of sp³-hybridized carbons (Fsp3) is 0.588. The number of ether oxygens (including phenoxy) is 1. The van der Waals surface area contributed by atoms with Crippen LogP contribution in [0.25, 0.3) is 0 Å². The number of halogens is 2. The molecule has 0 aromatic heterocycles. The minimum absolute atomic E-state index is 0.0129. The Hall–Kier alpha value is -1.73. The summed E-state index contributed by atoms with van der Waals surface area (Å²) in [5.74, 6) is -1.37. The molecule has 1 heterocycles. The van der Waals surface area contributed by atoms with Crippen LogP contribution in [-0.4, -0.2) is 36.5 Å². The first-order valence-corrected chi connectivity index (χ1v) is 7.99. The first-order chi connectivity index (χ1) is 11.2. The lowest BCUT2D eigenvalue weighted by Crippen LogP contribution is -2.54. The summed E-state index contributed by atoms with van der Waals surface area (Å²) in [7, 11) is 0. The van der Waals surface area contributed by atoms with Gasteiger partial charge in [-0.15, -0.1) is 0 Å². The predicted molar refractivity (Wildman–Crippen MR) is 85.4 cm³/mol. The van der Waals surface area contributed by atoms with Gasteiger partial charge in [0.1, 0.15) is 11.6 Å². The molecule has 1 saturated heterocycles. The molecule has 134 valence electrons. The zero-order valence-electron chi connectivity index (χ0n) is 14.0. The van der Waals surface area contributed by atoms with Gasteiger partial charge in [0.05, 0.1) is 5.60 Å². The van der Waals surface area contributed by atoms with Crippen LogP contribution in [0.2, 0.25) is 0 Å². The molecule has 0 bridgehead atoms. The summed E-state index contributed by atoms with van der Waals surface area (Å²) in [5.41, 5.74) is -1.09. The van der Waals surface area contributed by atoms with Crippen molar-refractivity contribution in [3.05, 3.63) is 35.4 Å². The molecule has 1 aromatic carbocycles. The van der Waals surface area contributed by atoms with Crippen LogP contribution >= 0.6 is 0 Å². The molecule has 0 aliphatic carbocycles. The topological polar surface area (TPSA) is 70.6 Å². The highest BCUT2D eigenvalue weighted by Crippen LogP contribution is 2.38. The number of aliphatic hydroxyl groups is 1. The monoisotopic (exact) mass is 342 g/mol. The van der Waals surface area contributed by atoms with E-state index in [9.17, 15) is 18.7 Å². The second-order valence-corrected chi connectivity index (χ2v) is 6.84. The van der Waals surface area contributed by atoms with E-state index < -0.39 is 28.7 Å². The van der Waals surface area contributed by atoms with E-state index in [0.29, 0.717) is 31.6 Å². The van der Waals surface area contributed by atoms with Crippen LogP contribution in [0.3, 0.4) is 0 Å². The lowest BCUT2D eigenvalue weighted by Gasteiger charge is -2.45. The average molecular weight is 342 g/mol. The summed E-state index contributed by atoms with van der Waals surface area (Å²) in [6, 6.07) is 2.65. The maximum absolute atomic E-state index is 13.1. The number of nitrogens with one attached hydrogen (secondary N) is 2. The molecule has 0 spiro atoms. The number of amides is 2. The smallest absolute Gasteiger partial charge is 0.315 e. The molecule has 0 unspecified atom stereocenters. The van der Waals surface area contributed by atoms with Crippen LogP contribution in [-0.2, 0) is 11.3 Å². The molecule has 24 heavy (non-hydrogen) atoms. The Morgan fingerprint density at radius 3 is 2.38 bits per heavy atom. The third kappa shape index (κ3) is 4.64. The van der Waals surface area contributed by atoms with Crippen molar-refractivity contribution in [3.63, 3.8) is 0 Å². The van der Waals surface area contributed by atoms with E-state index in [-0.39, 0.29) is 13.1 Å². The Kier molecular flexibility index (Phi) is 5.77. The Balaban J connectivity index is 1.83. The van der Waals surface area contributed by atoms with Gasteiger partial charge in [-0.2, -0.15) is 0 Å². The van der Waals surface area contributed by atoms with Crippen LogP contribution in [0.1, 0.15) is 32.3 Å². The van der Waals surface area contributed by atoms with Gasteiger partial charge in [-0.1, -0.05) is 13.8 Å². The van der Waals surface area contributed by atoms with Crippen LogP contribution < -0.4 is 10.6 Å². The van der Waals surface area contributed by atoms with E-state index in [1.54, 1.807) is 0 Å². The van der Waals surface area contributed by atoms with Gasteiger partial charge in [-0.05, 0) is 17.7 Å². The summed E-state index contributed by atoms with van der Waals surface area (Å²) < 4.78 is 31.5. The number of hydrogen-bond acceptors (Lipinski definition) is 3. The summed E-state index contributed by atoms with van der Waals surface area (Å²) in [4.78, 5) is 11.9. The Labute approximate surface area is 140 Å². The van der Waals surface area contributed by atoms with Crippen LogP contribution in [0.4, 0.5) is 13.6 Å². The largest absolute Gasteiger partial charge is 0.389 e. The van der Waals surface area contributed by atoms with Gasteiger partial charge < -0.3 is 20.5 Å². The maximum Gasteiger partial charge on any atom is 0.315 e. The van der Waals surface area contributed by atoms with Gasteiger partial charge >= 0.3 is 6.03 Å². The summed E-state index contributed by atoms with van der Waals surface area (Å²) in [6.07, 6.45) is 1.04. The minimum atomic E-state index is -0.899. The summed E-state index contributed by atoms with van der Waals surface area (Å²) >= 11 is 0. The number of carbonyl (C=O) groups excluding carboxylic acids is 1. The third-order valence-electron chi connectivity index (χ3n) is 4.65. The van der Waals surface area contributed by atoms with E-state index in [2.05, 4.69) is 10.6 Å². The molecule has 0 atom stereocenters. The van der Waals surface area contributed by atoms with Crippen molar-refractivity contribution in [2.75, 3.05) is 19.8 Å². The van der Waals surface area contributed by atoms with Crippen molar-refractivity contribution >= 4 is 6.03 Å². The minimum Gasteiger partial charge on any atom is -0.389 e. The molecular weight excluding hydrogens is 318 g/mol. The number of benzene rings is 1. The second-order valence-electron chi connectivity index (χ2n) is 6.84. The highest BCUT2D eigenvalue weighted by molar-refractivity contribution is 5.73. The van der Waals surface area contributed by atoms with E-state index in [4.69, 9.17) is 4.74 Å². The molecule has 2 amide bonds. The van der Waals surface area contributed by atoms with Crippen molar-refractivity contribution in [1.82, 2.24) is 10.6 Å². The molecule has 1 fully saturated rings. The third-order valence-corrected chi connectivity index (χ3v) is 4.65. The molecule has 3 N–H and O–H groups in total. The summed E-state index contributed by atoms with van der Waals surface area (Å²) in [5, 5.41) is 16.0. The van der Waals surface area contributed by atoms with E-state index in [1.165, 1.54) is 0 Å². The van der Waals surface area contributed by atoms with Gasteiger partial charge in [-0.25, -0.2) is 13.6 Å². The standard InChI is InChI=1S/C17H24F2N2O3/c1-16(2,17(23)3-5-24-6-4-17)11-21-15(22)20-10-12-7-13(18)9-14(19)8-12/h7-9,23H,3-6,10-11H2,1-2H3,(H2,20,21,22). The fourth-order valence-electron chi connectivity index (χ4n) is 2.81. The molecule has 7 heteroatoms. The molecule has 1 aliphatic rings. The van der Waals surface area contributed by atoms with Gasteiger partial charge in [0.2, 0.25) is 0 Å². The first-order valence-electron chi connectivity index (χ1n) is 7.99. The highest BCUT2D eigenvalue weighted by Gasteiger charge is 2.44. The molecule has 1 aromatic rings. The van der Waals surface area contributed by atoms with E-state index in [0.717, 1.165) is 18.2 Å². The molecule has 0 radical (unpaired) electrons. The van der Waals surface area contributed by atoms with Crippen LogP contribution in [0.5, 0.6) is 0 Å². The number of urea groups is 1. The van der Waals surface area contributed by atoms with Crippen LogP contribution in [0.15, 0.2) is 18.2 Å². The van der Waals surface area contributed by atoms with Gasteiger partial charge in [-0.3, -0.25) is 0 Å². The first kappa shape index (κ1) is 18.6. The Morgan fingerprint density at radius 1 is 1.21 bits per heavy atom. The fourth-order valence-corrected chi connectivity index (χ4v) is 2.81. The van der Waals surface area contributed by atoms with Gasteiger partial charge in [0.15, 0.2) is 0 Å². The van der Waals surface area contributed by atoms with E-state index >= 15 is 0 Å². The molecule has 0 saturated carbocycles. The second kappa shape index (κ2) is 7.44. The van der Waals surface area contributed by atoms with E-state index in [1.807, 2.05) is 13.8 Å². The lowest BCUT2D eigenvalue weighted by molar-refractivity contribution is -0.130. The average Bonchev–Trinajstić information content (AvgIpc) is 2.51. The van der Waals surface area contributed by atoms with Gasteiger partial charge in [0.25, 0.3) is 0 Å². The number of rotatable bonds is 5. The molecule has 1 aliphatic heterocycles. The molecule has 5 nitrogen and oxygen atoms in total. The maximum atomic E-state index is 13.1. The van der Waals surface area contributed by atoms with Crippen LogP contribution in [0, 0.1) is 17.0 Å². The lowest BCUT2D eigenvalue weighted by atomic mass is 9.70. The number of carbonyl (C=O) groups is 1. The SMILES string of the molecule is CC(C)(CNC(=O)NCc1cc(F)cc(F)c1)C1(O)CCOCC1. The number of hydrogen-bond donors (Lipinski definition) is 3. The van der Waals surface area contributed by atoms with Crippen molar-refractivity contribution in [2.45, 2.75) is 38.8 Å². The highest BCUT2D eigenvalue weighted by atomic mass is 19.1. The Bertz CT molecular complexity index is 567. The molecular formula is C17H24F2N2O3. The van der Waals surface area contributed by atoms with Crippen molar-refractivity contribution < 1.29 is 23.4 Å². The zero-order valence-corrected chi connectivity index (χ0v) is 14.0. The zero-order chi connectivity index (χ0) is 17.8. The Morgan fingerprint density at radius 2 is 1.79 bits per heavy atom. The van der Waals surface area contributed by atoms with Crippen molar-refractivity contribution in [3.8, 4) is 0 Å². The molecule has 2 rings (SSSR count).